The average molecular weight is 311 g/mol. The van der Waals surface area contributed by atoms with Gasteiger partial charge in [0, 0.05) is 12.1 Å². The predicted octanol–water partition coefficient (Wildman–Crippen LogP) is 1.06. The first kappa shape index (κ1) is 15.4. The van der Waals surface area contributed by atoms with Crippen molar-refractivity contribution in [2.24, 2.45) is 5.92 Å². The van der Waals surface area contributed by atoms with Crippen molar-refractivity contribution in [3.63, 3.8) is 0 Å². The first-order valence-electron chi connectivity index (χ1n) is 6.39. The van der Waals surface area contributed by atoms with Crippen molar-refractivity contribution in [2.75, 3.05) is 24.7 Å². The molecule has 0 amide bonds. The van der Waals surface area contributed by atoms with E-state index < -0.39 is 10.0 Å². The highest BCUT2D eigenvalue weighted by atomic mass is 32.2. The Morgan fingerprint density at radius 3 is 3.00 bits per heavy atom. The van der Waals surface area contributed by atoms with Crippen LogP contribution < -0.4 is 4.72 Å². The zero-order chi connectivity index (χ0) is 14.4. The van der Waals surface area contributed by atoms with Crippen LogP contribution >= 0.6 is 11.8 Å². The molecule has 0 bridgehead atoms. The first-order chi connectivity index (χ1) is 9.62. The Hall–Kier alpha value is -1.00. The normalized spacial score (nSPS) is 18.6. The number of aliphatic hydroxyl groups is 1. The Balaban J connectivity index is 2.08. The summed E-state index contributed by atoms with van der Waals surface area (Å²) in [5.41, 5.74) is 0.582. The molecule has 4 nitrogen and oxygen atoms in total. The first-order valence-corrected chi connectivity index (χ1v) is 9.03. The van der Waals surface area contributed by atoms with Crippen LogP contribution in [-0.2, 0) is 10.0 Å². The van der Waals surface area contributed by atoms with E-state index in [1.807, 2.05) is 11.8 Å². The van der Waals surface area contributed by atoms with Crippen LogP contribution in [0.4, 0.5) is 0 Å². The van der Waals surface area contributed by atoms with Gasteiger partial charge in [-0.3, -0.25) is 0 Å². The highest BCUT2D eigenvalue weighted by Crippen LogP contribution is 2.23. The highest BCUT2D eigenvalue weighted by Gasteiger charge is 2.20. The number of hydrogen-bond acceptors (Lipinski definition) is 4. The van der Waals surface area contributed by atoms with Crippen molar-refractivity contribution < 1.29 is 13.5 Å². The van der Waals surface area contributed by atoms with Gasteiger partial charge in [-0.15, -0.1) is 0 Å². The van der Waals surface area contributed by atoms with Gasteiger partial charge < -0.3 is 5.11 Å². The minimum absolute atomic E-state index is 0.216. The summed E-state index contributed by atoms with van der Waals surface area (Å²) < 4.78 is 27.1. The fourth-order valence-corrected chi connectivity index (χ4v) is 4.38. The summed E-state index contributed by atoms with van der Waals surface area (Å²) in [6, 6.07) is 6.45. The van der Waals surface area contributed by atoms with Gasteiger partial charge in [0.1, 0.15) is 6.61 Å². The number of benzene rings is 1. The molecule has 2 rings (SSSR count). The number of aliphatic hydroxyl groups excluding tert-OH is 1. The van der Waals surface area contributed by atoms with Crippen molar-refractivity contribution in [3.05, 3.63) is 29.8 Å². The van der Waals surface area contributed by atoms with E-state index in [2.05, 4.69) is 16.6 Å². The van der Waals surface area contributed by atoms with E-state index >= 15 is 0 Å². The SMILES string of the molecule is O=S(=O)(NCC1CCSC1)c1cccc(C#CCO)c1. The Labute approximate surface area is 124 Å². The smallest absolute Gasteiger partial charge is 0.240 e. The molecule has 1 fully saturated rings. The third-order valence-electron chi connectivity index (χ3n) is 3.04. The van der Waals surface area contributed by atoms with Gasteiger partial charge in [-0.25, -0.2) is 13.1 Å². The quantitative estimate of drug-likeness (QED) is 0.816. The highest BCUT2D eigenvalue weighted by molar-refractivity contribution is 7.99. The third kappa shape index (κ3) is 4.25. The number of rotatable bonds is 4. The lowest BCUT2D eigenvalue weighted by atomic mass is 10.1. The Morgan fingerprint density at radius 1 is 1.45 bits per heavy atom. The molecule has 1 aliphatic heterocycles. The van der Waals surface area contributed by atoms with Gasteiger partial charge in [-0.2, -0.15) is 11.8 Å². The minimum atomic E-state index is -3.48. The molecular weight excluding hydrogens is 294 g/mol. The van der Waals surface area contributed by atoms with E-state index in [4.69, 9.17) is 5.11 Å². The van der Waals surface area contributed by atoms with Crippen LogP contribution in [0.3, 0.4) is 0 Å². The van der Waals surface area contributed by atoms with E-state index in [0.717, 1.165) is 17.9 Å². The lowest BCUT2D eigenvalue weighted by Crippen LogP contribution is -2.29. The summed E-state index contributed by atoms with van der Waals surface area (Å²) in [7, 11) is -3.48. The maximum absolute atomic E-state index is 12.2. The summed E-state index contributed by atoms with van der Waals surface area (Å²) in [5, 5.41) is 8.66. The van der Waals surface area contributed by atoms with Crippen LogP contribution in [0.5, 0.6) is 0 Å². The summed E-state index contributed by atoms with van der Waals surface area (Å²) in [5.74, 6) is 7.77. The molecule has 1 aromatic rings. The molecule has 6 heteroatoms. The Kier molecular flexibility index (Phi) is 5.49. The fourth-order valence-electron chi connectivity index (χ4n) is 1.94. The van der Waals surface area contributed by atoms with E-state index in [1.54, 1.807) is 18.2 Å². The Bertz CT molecular complexity index is 611. The second-order valence-corrected chi connectivity index (χ2v) is 7.49. The molecule has 1 aliphatic rings. The monoisotopic (exact) mass is 311 g/mol. The average Bonchev–Trinajstić information content (AvgIpc) is 2.97. The molecule has 0 aliphatic carbocycles. The number of thioether (sulfide) groups is 1. The van der Waals surface area contributed by atoms with Crippen molar-refractivity contribution >= 4 is 21.8 Å². The van der Waals surface area contributed by atoms with Gasteiger partial charge in [-0.1, -0.05) is 17.9 Å². The van der Waals surface area contributed by atoms with Gasteiger partial charge in [0.15, 0.2) is 0 Å². The molecule has 0 saturated carbocycles. The van der Waals surface area contributed by atoms with E-state index in [-0.39, 0.29) is 11.5 Å². The van der Waals surface area contributed by atoms with Crippen LogP contribution in [0, 0.1) is 17.8 Å². The van der Waals surface area contributed by atoms with Crippen molar-refractivity contribution in [1.29, 1.82) is 0 Å². The van der Waals surface area contributed by atoms with Crippen LogP contribution in [-0.4, -0.2) is 38.2 Å². The number of sulfonamides is 1. The lowest BCUT2D eigenvalue weighted by molar-refractivity contribution is 0.350. The lowest BCUT2D eigenvalue weighted by Gasteiger charge is -2.11. The summed E-state index contributed by atoms with van der Waals surface area (Å²) in [6.45, 7) is 0.246. The molecule has 1 aromatic carbocycles. The summed E-state index contributed by atoms with van der Waals surface area (Å²) >= 11 is 1.86. The zero-order valence-electron chi connectivity index (χ0n) is 11.0. The molecule has 0 spiro atoms. The molecule has 1 atom stereocenters. The standard InChI is InChI=1S/C14H17NO3S2/c16-7-2-4-12-3-1-5-14(9-12)20(17,18)15-10-13-6-8-19-11-13/h1,3,5,9,13,15-16H,6-8,10-11H2. The van der Waals surface area contributed by atoms with Crippen molar-refractivity contribution in [1.82, 2.24) is 4.72 Å². The fraction of sp³-hybridized carbons (Fsp3) is 0.429. The maximum Gasteiger partial charge on any atom is 0.240 e. The molecule has 1 heterocycles. The van der Waals surface area contributed by atoms with Crippen molar-refractivity contribution in [3.8, 4) is 11.8 Å². The molecule has 1 unspecified atom stereocenters. The van der Waals surface area contributed by atoms with Gasteiger partial charge in [-0.05, 0) is 42.0 Å². The second-order valence-electron chi connectivity index (χ2n) is 4.57. The molecule has 0 aromatic heterocycles. The molecule has 0 radical (unpaired) electrons. The van der Waals surface area contributed by atoms with Gasteiger partial charge in [0.25, 0.3) is 0 Å². The van der Waals surface area contributed by atoms with Crippen LogP contribution in [0.1, 0.15) is 12.0 Å². The van der Waals surface area contributed by atoms with E-state index in [0.29, 0.717) is 18.0 Å². The molecule has 20 heavy (non-hydrogen) atoms. The molecular formula is C14H17NO3S2. The predicted molar refractivity (Wildman–Crippen MR) is 81.0 cm³/mol. The zero-order valence-corrected chi connectivity index (χ0v) is 12.6. The van der Waals surface area contributed by atoms with E-state index in [1.165, 1.54) is 6.07 Å². The minimum Gasteiger partial charge on any atom is -0.384 e. The van der Waals surface area contributed by atoms with Crippen LogP contribution in [0.2, 0.25) is 0 Å². The summed E-state index contributed by atoms with van der Waals surface area (Å²) in [6.07, 6.45) is 1.06. The summed E-state index contributed by atoms with van der Waals surface area (Å²) in [4.78, 5) is 0.216. The molecule has 1 saturated heterocycles. The second kappa shape index (κ2) is 7.14. The van der Waals surface area contributed by atoms with Gasteiger partial charge >= 0.3 is 0 Å². The van der Waals surface area contributed by atoms with Gasteiger partial charge in [0.2, 0.25) is 10.0 Å². The molecule has 2 N–H and O–H groups in total. The van der Waals surface area contributed by atoms with Gasteiger partial charge in [0.05, 0.1) is 4.90 Å². The van der Waals surface area contributed by atoms with Crippen LogP contribution in [0.15, 0.2) is 29.2 Å². The Morgan fingerprint density at radius 2 is 2.30 bits per heavy atom. The van der Waals surface area contributed by atoms with E-state index in [9.17, 15) is 8.42 Å². The maximum atomic E-state index is 12.2. The topological polar surface area (TPSA) is 66.4 Å². The van der Waals surface area contributed by atoms with Crippen molar-refractivity contribution in [2.45, 2.75) is 11.3 Å². The third-order valence-corrected chi connectivity index (χ3v) is 5.69. The number of nitrogens with one attached hydrogen (secondary N) is 1. The van der Waals surface area contributed by atoms with Crippen LogP contribution in [0.25, 0.3) is 0 Å². The molecule has 108 valence electrons. The number of hydrogen-bond donors (Lipinski definition) is 2. The largest absolute Gasteiger partial charge is 0.384 e.